The summed E-state index contributed by atoms with van der Waals surface area (Å²) in [6, 6.07) is 23.1. The number of rotatable bonds is 2. The lowest BCUT2D eigenvalue weighted by atomic mass is 9.46. The summed E-state index contributed by atoms with van der Waals surface area (Å²) >= 11 is 0. The van der Waals surface area contributed by atoms with Gasteiger partial charge in [0, 0.05) is 5.92 Å². The Morgan fingerprint density at radius 1 is 0.839 bits per heavy atom. The van der Waals surface area contributed by atoms with Crippen LogP contribution in [-0.4, -0.2) is 17.6 Å². The molecular formula is C27H21NO3. The fraction of sp³-hybridized carbons (Fsp3) is 0.222. The van der Waals surface area contributed by atoms with E-state index in [0.29, 0.717) is 5.69 Å². The van der Waals surface area contributed by atoms with Gasteiger partial charge in [0.15, 0.2) is 0 Å². The van der Waals surface area contributed by atoms with Crippen molar-refractivity contribution in [2.45, 2.75) is 25.2 Å². The number of hydrogen-bond acceptors (Lipinski definition) is 3. The number of ketones is 1. The molecule has 1 heterocycles. The van der Waals surface area contributed by atoms with Crippen LogP contribution in [0.1, 0.15) is 40.7 Å². The molecule has 2 amide bonds. The van der Waals surface area contributed by atoms with Gasteiger partial charge in [0.1, 0.15) is 5.78 Å². The molecule has 31 heavy (non-hydrogen) atoms. The van der Waals surface area contributed by atoms with Gasteiger partial charge < -0.3 is 0 Å². The highest BCUT2D eigenvalue weighted by molar-refractivity contribution is 6.25. The average Bonchev–Trinajstić information content (AvgIpc) is 3.04. The summed E-state index contributed by atoms with van der Waals surface area (Å²) in [6.07, 6.45) is 0. The molecule has 0 N–H and O–H groups in total. The van der Waals surface area contributed by atoms with Crippen molar-refractivity contribution < 1.29 is 14.4 Å². The van der Waals surface area contributed by atoms with Crippen LogP contribution in [0.5, 0.6) is 0 Å². The van der Waals surface area contributed by atoms with E-state index in [0.717, 1.165) is 27.8 Å². The molecule has 4 heteroatoms. The largest absolute Gasteiger partial charge is 0.299 e. The van der Waals surface area contributed by atoms with Crippen LogP contribution in [0.3, 0.4) is 0 Å². The first-order valence-corrected chi connectivity index (χ1v) is 10.6. The monoisotopic (exact) mass is 407 g/mol. The number of anilines is 1. The van der Waals surface area contributed by atoms with E-state index < -0.39 is 17.3 Å². The molecule has 0 radical (unpaired) electrons. The summed E-state index contributed by atoms with van der Waals surface area (Å²) < 4.78 is 0. The number of amides is 2. The van der Waals surface area contributed by atoms with Crippen molar-refractivity contribution in [3.63, 3.8) is 0 Å². The number of aryl methyl sites for hydroxylation is 1. The lowest BCUT2D eigenvalue weighted by molar-refractivity contribution is -0.132. The number of carbonyl (C=O) groups excluding carboxylic acids is 3. The maximum atomic E-state index is 13.9. The average molecular weight is 407 g/mol. The molecule has 2 bridgehead atoms. The van der Waals surface area contributed by atoms with Crippen molar-refractivity contribution in [1.82, 2.24) is 0 Å². The van der Waals surface area contributed by atoms with Gasteiger partial charge in [0.25, 0.3) is 0 Å². The summed E-state index contributed by atoms with van der Waals surface area (Å²) in [5, 5.41) is 0. The zero-order valence-electron chi connectivity index (χ0n) is 17.3. The second kappa shape index (κ2) is 6.01. The van der Waals surface area contributed by atoms with Crippen LogP contribution >= 0.6 is 0 Å². The normalized spacial score (nSPS) is 27.7. The number of Topliss-reactive ketones (excluding diaryl/α,β-unsaturated/α-hetero) is 1. The smallest absolute Gasteiger partial charge is 0.239 e. The number of carbonyl (C=O) groups is 3. The van der Waals surface area contributed by atoms with Gasteiger partial charge in [-0.15, -0.1) is 0 Å². The molecule has 7 rings (SSSR count). The van der Waals surface area contributed by atoms with E-state index in [4.69, 9.17) is 0 Å². The van der Waals surface area contributed by atoms with Crippen LogP contribution in [0.2, 0.25) is 0 Å². The van der Waals surface area contributed by atoms with E-state index in [1.54, 1.807) is 13.0 Å². The van der Waals surface area contributed by atoms with E-state index in [2.05, 4.69) is 0 Å². The highest BCUT2D eigenvalue weighted by Crippen LogP contribution is 2.64. The van der Waals surface area contributed by atoms with Gasteiger partial charge in [-0.25, -0.2) is 4.90 Å². The molecule has 0 aromatic heterocycles. The Bertz CT molecular complexity index is 1260. The molecule has 1 fully saturated rings. The first kappa shape index (κ1) is 18.3. The minimum Gasteiger partial charge on any atom is -0.299 e. The van der Waals surface area contributed by atoms with Crippen molar-refractivity contribution in [3.8, 4) is 0 Å². The Morgan fingerprint density at radius 2 is 1.45 bits per heavy atom. The minimum atomic E-state index is -1.14. The number of nitrogens with zero attached hydrogens (tertiary/aromatic N) is 1. The van der Waals surface area contributed by atoms with Crippen LogP contribution < -0.4 is 4.90 Å². The molecule has 2 atom stereocenters. The number of imide groups is 1. The Hall–Kier alpha value is -3.53. The molecule has 3 aromatic rings. The lowest BCUT2D eigenvalue weighted by Crippen LogP contribution is -2.57. The van der Waals surface area contributed by atoms with Gasteiger partial charge >= 0.3 is 0 Å². The molecule has 152 valence electrons. The van der Waals surface area contributed by atoms with Gasteiger partial charge in [-0.3, -0.25) is 14.4 Å². The SMILES string of the molecule is CC(=O)C12c3ccccc3C(c3ccccc31)C1C(=O)N(c3cccc(C)c3)C(=O)C12. The predicted octanol–water partition coefficient (Wildman–Crippen LogP) is 4.13. The van der Waals surface area contributed by atoms with Gasteiger partial charge in [0.05, 0.1) is 22.9 Å². The molecule has 1 aliphatic heterocycles. The maximum absolute atomic E-state index is 13.9. The van der Waals surface area contributed by atoms with Gasteiger partial charge in [-0.05, 0) is 53.8 Å². The molecule has 4 nitrogen and oxygen atoms in total. The minimum absolute atomic E-state index is 0.0900. The zero-order chi connectivity index (χ0) is 21.5. The third kappa shape index (κ3) is 2.03. The molecule has 1 saturated heterocycles. The van der Waals surface area contributed by atoms with Crippen molar-refractivity contribution >= 4 is 23.3 Å². The van der Waals surface area contributed by atoms with E-state index >= 15 is 0 Å². The molecular weight excluding hydrogens is 386 g/mol. The van der Waals surface area contributed by atoms with Gasteiger partial charge in [-0.2, -0.15) is 0 Å². The van der Waals surface area contributed by atoms with Crippen molar-refractivity contribution in [2.75, 3.05) is 4.90 Å². The van der Waals surface area contributed by atoms with Crippen LogP contribution in [-0.2, 0) is 19.8 Å². The first-order valence-electron chi connectivity index (χ1n) is 10.6. The summed E-state index contributed by atoms with van der Waals surface area (Å²) in [4.78, 5) is 42.6. The highest BCUT2D eigenvalue weighted by atomic mass is 16.2. The Morgan fingerprint density at radius 3 is 2.03 bits per heavy atom. The lowest BCUT2D eigenvalue weighted by Gasteiger charge is -2.52. The Labute approximate surface area is 180 Å². The molecule has 0 saturated carbocycles. The highest BCUT2D eigenvalue weighted by Gasteiger charge is 2.69. The fourth-order valence-corrected chi connectivity index (χ4v) is 6.39. The van der Waals surface area contributed by atoms with Gasteiger partial charge in [-0.1, -0.05) is 60.7 Å². The van der Waals surface area contributed by atoms with Crippen LogP contribution in [0.4, 0.5) is 5.69 Å². The second-order valence-electron chi connectivity index (χ2n) is 8.87. The van der Waals surface area contributed by atoms with Crippen molar-refractivity contribution in [3.05, 3.63) is 101 Å². The standard InChI is InChI=1S/C27H21NO3/c1-15-8-7-9-17(14-15)28-25(30)23-22-18-10-3-5-12-20(18)27(16(2)29,24(23)26(28)31)21-13-6-4-11-19(21)22/h3-14,22-24H,1-2H3. The molecule has 0 spiro atoms. The van der Waals surface area contributed by atoms with E-state index in [1.807, 2.05) is 73.7 Å². The predicted molar refractivity (Wildman–Crippen MR) is 117 cm³/mol. The second-order valence-corrected chi connectivity index (χ2v) is 8.87. The number of hydrogen-bond donors (Lipinski definition) is 0. The van der Waals surface area contributed by atoms with Crippen LogP contribution in [0.25, 0.3) is 0 Å². The van der Waals surface area contributed by atoms with E-state index in [-0.39, 0.29) is 23.5 Å². The molecule has 2 unspecified atom stereocenters. The van der Waals surface area contributed by atoms with Crippen LogP contribution in [0.15, 0.2) is 72.8 Å². The molecule has 3 aromatic carbocycles. The fourth-order valence-electron chi connectivity index (χ4n) is 6.39. The summed E-state index contributed by atoms with van der Waals surface area (Å²) in [5.74, 6) is -2.11. The van der Waals surface area contributed by atoms with Crippen molar-refractivity contribution in [2.24, 2.45) is 11.8 Å². The third-order valence-electron chi connectivity index (χ3n) is 7.43. The topological polar surface area (TPSA) is 54.5 Å². The molecule has 3 aliphatic carbocycles. The number of benzene rings is 3. The van der Waals surface area contributed by atoms with Gasteiger partial charge in [0.2, 0.25) is 11.8 Å². The summed E-state index contributed by atoms with van der Waals surface area (Å²) in [6.45, 7) is 3.50. The quantitative estimate of drug-likeness (QED) is 0.600. The van der Waals surface area contributed by atoms with Crippen LogP contribution in [0, 0.1) is 18.8 Å². The summed E-state index contributed by atoms with van der Waals surface area (Å²) in [7, 11) is 0. The summed E-state index contributed by atoms with van der Waals surface area (Å²) in [5.41, 5.74) is 4.14. The maximum Gasteiger partial charge on any atom is 0.239 e. The Balaban J connectivity index is 1.68. The first-order chi connectivity index (χ1) is 15.0. The third-order valence-corrected chi connectivity index (χ3v) is 7.43. The Kier molecular flexibility index (Phi) is 3.54. The van der Waals surface area contributed by atoms with E-state index in [9.17, 15) is 14.4 Å². The van der Waals surface area contributed by atoms with E-state index in [1.165, 1.54) is 4.90 Å². The zero-order valence-corrected chi connectivity index (χ0v) is 17.3. The molecule has 4 aliphatic rings. The van der Waals surface area contributed by atoms with Crippen molar-refractivity contribution in [1.29, 1.82) is 0 Å².